The van der Waals surface area contributed by atoms with Crippen LogP contribution in [-0.4, -0.2) is 0 Å². The Balaban J connectivity index is 1.68. The van der Waals surface area contributed by atoms with Crippen LogP contribution in [0, 0.1) is 6.07 Å². The van der Waals surface area contributed by atoms with E-state index in [1.54, 1.807) is 0 Å². The molecule has 0 amide bonds. The van der Waals surface area contributed by atoms with E-state index in [1.165, 1.54) is 11.1 Å². The van der Waals surface area contributed by atoms with Crippen LogP contribution in [0.4, 0.5) is 0 Å². The van der Waals surface area contributed by atoms with Gasteiger partial charge in [-0.25, -0.2) is 0 Å². The summed E-state index contributed by atoms with van der Waals surface area (Å²) in [4.78, 5) is 0. The SMILES string of the molecule is [c]1cc(C=Cc2ccccc2)ccc1C=Cc1ccccc1. The van der Waals surface area contributed by atoms with E-state index in [-0.39, 0.29) is 0 Å². The standard InChI is InChI=1S/C22H17/c1-3-7-19(8-4-1)11-13-21-15-17-22(18-16-21)14-12-20-9-5-2-6-10-20/h1-17H. The first-order valence-corrected chi connectivity index (χ1v) is 7.38. The van der Waals surface area contributed by atoms with Gasteiger partial charge in [0.1, 0.15) is 0 Å². The molecule has 0 N–H and O–H groups in total. The molecule has 3 rings (SSSR count). The first kappa shape index (κ1) is 14.1. The van der Waals surface area contributed by atoms with Crippen molar-refractivity contribution < 1.29 is 0 Å². The summed E-state index contributed by atoms with van der Waals surface area (Å²) in [6, 6.07) is 30.1. The third kappa shape index (κ3) is 4.07. The predicted octanol–water partition coefficient (Wildman–Crippen LogP) is 5.83. The zero-order chi connectivity index (χ0) is 15.0. The summed E-state index contributed by atoms with van der Waals surface area (Å²) in [7, 11) is 0. The van der Waals surface area contributed by atoms with Gasteiger partial charge < -0.3 is 0 Å². The van der Waals surface area contributed by atoms with E-state index in [4.69, 9.17) is 0 Å². The van der Waals surface area contributed by atoms with E-state index in [9.17, 15) is 0 Å². The summed E-state index contributed by atoms with van der Waals surface area (Å²) < 4.78 is 0. The fraction of sp³-hybridized carbons (Fsp3) is 0. The molecule has 0 heterocycles. The van der Waals surface area contributed by atoms with Crippen LogP contribution in [0.3, 0.4) is 0 Å². The number of benzene rings is 3. The van der Waals surface area contributed by atoms with Crippen LogP contribution in [0.5, 0.6) is 0 Å². The number of hydrogen-bond donors (Lipinski definition) is 0. The van der Waals surface area contributed by atoms with Gasteiger partial charge in [-0.3, -0.25) is 0 Å². The van der Waals surface area contributed by atoms with Crippen molar-refractivity contribution in [2.75, 3.05) is 0 Å². The highest BCUT2D eigenvalue weighted by atomic mass is 14.0. The van der Waals surface area contributed by atoms with E-state index >= 15 is 0 Å². The van der Waals surface area contributed by atoms with Gasteiger partial charge in [0.15, 0.2) is 0 Å². The van der Waals surface area contributed by atoms with Crippen molar-refractivity contribution in [2.24, 2.45) is 0 Å². The molecule has 0 saturated carbocycles. The molecule has 3 aromatic rings. The van der Waals surface area contributed by atoms with Gasteiger partial charge in [-0.2, -0.15) is 0 Å². The molecule has 0 aliphatic heterocycles. The molecule has 0 nitrogen and oxygen atoms in total. The third-order valence-corrected chi connectivity index (χ3v) is 3.38. The van der Waals surface area contributed by atoms with Crippen LogP contribution >= 0.6 is 0 Å². The smallest absolute Gasteiger partial charge is 0.00992 e. The summed E-state index contributed by atoms with van der Waals surface area (Å²) in [5.41, 5.74) is 4.64. The largest absolute Gasteiger partial charge is 0.0622 e. The Labute approximate surface area is 132 Å². The van der Waals surface area contributed by atoms with E-state index in [2.05, 4.69) is 66.8 Å². The molecule has 3 aromatic carbocycles. The number of hydrogen-bond acceptors (Lipinski definition) is 0. The molecule has 1 radical (unpaired) electrons. The molecule has 105 valence electrons. The van der Waals surface area contributed by atoms with Crippen LogP contribution in [0.15, 0.2) is 78.9 Å². The van der Waals surface area contributed by atoms with E-state index < -0.39 is 0 Å². The van der Waals surface area contributed by atoms with Crippen molar-refractivity contribution in [2.45, 2.75) is 0 Å². The van der Waals surface area contributed by atoms with Gasteiger partial charge in [0.25, 0.3) is 0 Å². The van der Waals surface area contributed by atoms with Gasteiger partial charge in [-0.15, -0.1) is 0 Å². The predicted molar refractivity (Wildman–Crippen MR) is 96.0 cm³/mol. The first-order chi connectivity index (χ1) is 10.9. The summed E-state index contributed by atoms with van der Waals surface area (Å²) in [5, 5.41) is 0. The minimum atomic E-state index is 1.08. The lowest BCUT2D eigenvalue weighted by Crippen LogP contribution is -1.76. The second kappa shape index (κ2) is 7.24. The van der Waals surface area contributed by atoms with Gasteiger partial charge in [-0.1, -0.05) is 97.1 Å². The zero-order valence-corrected chi connectivity index (χ0v) is 12.3. The highest BCUT2D eigenvalue weighted by Gasteiger charge is 1.90. The van der Waals surface area contributed by atoms with Crippen LogP contribution in [0.25, 0.3) is 24.3 Å². The van der Waals surface area contributed by atoms with E-state index in [0.29, 0.717) is 0 Å². The summed E-state index contributed by atoms with van der Waals surface area (Å²) >= 11 is 0. The maximum atomic E-state index is 3.31. The minimum Gasteiger partial charge on any atom is -0.0622 e. The zero-order valence-electron chi connectivity index (χ0n) is 12.3. The topological polar surface area (TPSA) is 0 Å². The Kier molecular flexibility index (Phi) is 4.63. The molecule has 0 saturated heterocycles. The molecule has 0 fully saturated rings. The second-order valence-electron chi connectivity index (χ2n) is 5.07. The van der Waals surface area contributed by atoms with Gasteiger partial charge in [0, 0.05) is 0 Å². The van der Waals surface area contributed by atoms with Gasteiger partial charge in [0.2, 0.25) is 0 Å². The van der Waals surface area contributed by atoms with Crippen molar-refractivity contribution in [3.63, 3.8) is 0 Å². The van der Waals surface area contributed by atoms with Crippen molar-refractivity contribution in [1.29, 1.82) is 0 Å². The molecule has 0 aliphatic carbocycles. The van der Waals surface area contributed by atoms with Crippen LogP contribution in [-0.2, 0) is 0 Å². The average molecular weight is 281 g/mol. The maximum absolute atomic E-state index is 3.31. The lowest BCUT2D eigenvalue weighted by molar-refractivity contribution is 1.60. The Morgan fingerprint density at radius 1 is 0.500 bits per heavy atom. The fourth-order valence-corrected chi connectivity index (χ4v) is 2.16. The lowest BCUT2D eigenvalue weighted by Gasteiger charge is -1.97. The molecule has 0 spiro atoms. The monoisotopic (exact) mass is 281 g/mol. The molecule has 0 unspecified atom stereocenters. The van der Waals surface area contributed by atoms with Crippen LogP contribution < -0.4 is 0 Å². The highest BCUT2D eigenvalue weighted by Crippen LogP contribution is 2.12. The Bertz CT molecular complexity index is 680. The summed E-state index contributed by atoms with van der Waals surface area (Å²) in [5.74, 6) is 0. The molecule has 0 atom stereocenters. The molecule has 0 bridgehead atoms. The fourth-order valence-electron chi connectivity index (χ4n) is 2.16. The third-order valence-electron chi connectivity index (χ3n) is 3.38. The summed E-state index contributed by atoms with van der Waals surface area (Å²) in [6.45, 7) is 0. The van der Waals surface area contributed by atoms with Crippen molar-refractivity contribution in [3.8, 4) is 0 Å². The molecule has 0 aromatic heterocycles. The average Bonchev–Trinajstić information content (AvgIpc) is 2.61. The maximum Gasteiger partial charge on any atom is -0.00992 e. The minimum absolute atomic E-state index is 1.08. The second-order valence-corrected chi connectivity index (χ2v) is 5.07. The van der Waals surface area contributed by atoms with Gasteiger partial charge in [0.05, 0.1) is 0 Å². The van der Waals surface area contributed by atoms with E-state index in [1.807, 2.05) is 42.5 Å². The Hall–Kier alpha value is -2.86. The molecule has 0 aliphatic rings. The molecular formula is C22H17. The van der Waals surface area contributed by atoms with Crippen LogP contribution in [0.2, 0.25) is 0 Å². The first-order valence-electron chi connectivity index (χ1n) is 7.38. The van der Waals surface area contributed by atoms with Gasteiger partial charge in [-0.05, 0) is 34.4 Å². The van der Waals surface area contributed by atoms with Crippen molar-refractivity contribution in [1.82, 2.24) is 0 Å². The Morgan fingerprint density at radius 2 is 1.05 bits per heavy atom. The summed E-state index contributed by atoms with van der Waals surface area (Å²) in [6.07, 6.45) is 8.41. The van der Waals surface area contributed by atoms with Crippen molar-refractivity contribution >= 4 is 24.3 Å². The molecule has 0 heteroatoms. The molecule has 22 heavy (non-hydrogen) atoms. The molecular weight excluding hydrogens is 264 g/mol. The highest BCUT2D eigenvalue weighted by molar-refractivity contribution is 5.72. The van der Waals surface area contributed by atoms with Crippen LogP contribution in [0.1, 0.15) is 22.3 Å². The lowest BCUT2D eigenvalue weighted by atomic mass is 10.1. The van der Waals surface area contributed by atoms with E-state index in [0.717, 1.165) is 11.1 Å². The van der Waals surface area contributed by atoms with Crippen molar-refractivity contribution in [3.05, 3.63) is 107 Å². The Morgan fingerprint density at radius 3 is 1.59 bits per heavy atom. The quantitative estimate of drug-likeness (QED) is 0.528. The normalized spacial score (nSPS) is 11.3. The number of rotatable bonds is 4. The van der Waals surface area contributed by atoms with Gasteiger partial charge >= 0.3 is 0 Å².